The summed E-state index contributed by atoms with van der Waals surface area (Å²) in [5, 5.41) is 8.05. The molecule has 0 unspecified atom stereocenters. The highest BCUT2D eigenvalue weighted by Gasteiger charge is 2.05. The molecule has 0 saturated heterocycles. The van der Waals surface area contributed by atoms with Crippen molar-refractivity contribution in [1.29, 1.82) is 0 Å². The van der Waals surface area contributed by atoms with E-state index in [0.717, 1.165) is 11.4 Å². The van der Waals surface area contributed by atoms with Crippen molar-refractivity contribution in [3.63, 3.8) is 0 Å². The fourth-order valence-electron chi connectivity index (χ4n) is 1.63. The average molecular weight is 257 g/mol. The molecule has 0 spiro atoms. The van der Waals surface area contributed by atoms with Gasteiger partial charge in [0.2, 0.25) is 0 Å². The molecule has 2 heterocycles. The van der Waals surface area contributed by atoms with Crippen LogP contribution in [0.3, 0.4) is 0 Å². The van der Waals surface area contributed by atoms with Gasteiger partial charge in [0.15, 0.2) is 0 Å². The molecule has 0 aliphatic heterocycles. The van der Waals surface area contributed by atoms with Crippen molar-refractivity contribution in [2.24, 2.45) is 5.10 Å². The number of carbonyl (C=O) groups is 1. The lowest BCUT2D eigenvalue weighted by Gasteiger charge is -2.02. The van der Waals surface area contributed by atoms with Gasteiger partial charge in [0.1, 0.15) is 6.54 Å². The second-order valence-corrected chi connectivity index (χ2v) is 4.13. The van der Waals surface area contributed by atoms with E-state index < -0.39 is 0 Å². The number of nitrogens with zero attached hydrogens (tertiary/aromatic N) is 4. The van der Waals surface area contributed by atoms with E-state index >= 15 is 0 Å². The van der Waals surface area contributed by atoms with Crippen molar-refractivity contribution in [3.05, 3.63) is 47.5 Å². The predicted octanol–water partition coefficient (Wildman–Crippen LogP) is 1.05. The summed E-state index contributed by atoms with van der Waals surface area (Å²) in [6.45, 7) is 3.95. The lowest BCUT2D eigenvalue weighted by molar-refractivity contribution is -0.121. The van der Waals surface area contributed by atoms with E-state index in [1.54, 1.807) is 16.9 Å². The van der Waals surface area contributed by atoms with Crippen LogP contribution in [0, 0.1) is 13.8 Å². The van der Waals surface area contributed by atoms with Crippen LogP contribution in [0.1, 0.15) is 17.1 Å². The molecule has 0 aliphatic carbocycles. The topological polar surface area (TPSA) is 72.2 Å². The van der Waals surface area contributed by atoms with Gasteiger partial charge in [-0.25, -0.2) is 5.43 Å². The number of pyridine rings is 1. The van der Waals surface area contributed by atoms with Gasteiger partial charge in [-0.3, -0.25) is 14.5 Å². The van der Waals surface area contributed by atoms with Crippen molar-refractivity contribution in [2.45, 2.75) is 20.4 Å². The summed E-state index contributed by atoms with van der Waals surface area (Å²) < 4.78 is 1.64. The molecule has 1 amide bonds. The Balaban J connectivity index is 1.88. The summed E-state index contributed by atoms with van der Waals surface area (Å²) in [7, 11) is 0. The summed E-state index contributed by atoms with van der Waals surface area (Å²) in [6.07, 6.45) is 3.16. The predicted molar refractivity (Wildman–Crippen MR) is 71.7 cm³/mol. The number of hydrogen-bond acceptors (Lipinski definition) is 4. The van der Waals surface area contributed by atoms with Crippen LogP contribution < -0.4 is 5.43 Å². The molecule has 98 valence electrons. The van der Waals surface area contributed by atoms with Gasteiger partial charge in [-0.1, -0.05) is 6.07 Å². The normalized spacial score (nSPS) is 10.8. The quantitative estimate of drug-likeness (QED) is 0.657. The monoisotopic (exact) mass is 257 g/mol. The SMILES string of the molecule is Cc1cc(C)n(CC(=O)NN=Cc2ccccn2)n1. The van der Waals surface area contributed by atoms with Gasteiger partial charge in [0, 0.05) is 11.9 Å². The van der Waals surface area contributed by atoms with Crippen LogP contribution in [-0.4, -0.2) is 26.9 Å². The van der Waals surface area contributed by atoms with Crippen LogP contribution in [0.4, 0.5) is 0 Å². The van der Waals surface area contributed by atoms with Crippen LogP contribution >= 0.6 is 0 Å². The van der Waals surface area contributed by atoms with Gasteiger partial charge in [0.25, 0.3) is 5.91 Å². The molecule has 0 aliphatic rings. The van der Waals surface area contributed by atoms with E-state index in [-0.39, 0.29) is 12.5 Å². The Labute approximate surface area is 111 Å². The molecule has 0 saturated carbocycles. The minimum absolute atomic E-state index is 0.152. The number of nitrogens with one attached hydrogen (secondary N) is 1. The molecular formula is C13H15N5O. The number of aromatic nitrogens is 3. The molecule has 0 bridgehead atoms. The van der Waals surface area contributed by atoms with Gasteiger partial charge in [-0.2, -0.15) is 10.2 Å². The Morgan fingerprint density at radius 1 is 1.47 bits per heavy atom. The van der Waals surface area contributed by atoms with E-state index in [4.69, 9.17) is 0 Å². The first-order valence-electron chi connectivity index (χ1n) is 5.89. The molecule has 0 aromatic carbocycles. The second-order valence-electron chi connectivity index (χ2n) is 4.13. The fraction of sp³-hybridized carbons (Fsp3) is 0.231. The van der Waals surface area contributed by atoms with Crippen LogP contribution in [0.15, 0.2) is 35.6 Å². The zero-order valence-corrected chi connectivity index (χ0v) is 10.9. The second kappa shape index (κ2) is 5.90. The molecule has 6 nitrogen and oxygen atoms in total. The number of aryl methyl sites for hydroxylation is 2. The first-order valence-corrected chi connectivity index (χ1v) is 5.89. The molecule has 19 heavy (non-hydrogen) atoms. The first-order chi connectivity index (χ1) is 9.15. The maximum absolute atomic E-state index is 11.7. The van der Waals surface area contributed by atoms with Crippen molar-refractivity contribution in [1.82, 2.24) is 20.2 Å². The van der Waals surface area contributed by atoms with Gasteiger partial charge >= 0.3 is 0 Å². The smallest absolute Gasteiger partial charge is 0.261 e. The Kier molecular flexibility index (Phi) is 4.02. The van der Waals surface area contributed by atoms with Crippen molar-refractivity contribution in [3.8, 4) is 0 Å². The number of carbonyl (C=O) groups excluding carboxylic acids is 1. The zero-order valence-electron chi connectivity index (χ0n) is 10.9. The minimum atomic E-state index is -0.224. The van der Waals surface area contributed by atoms with Gasteiger partial charge in [0.05, 0.1) is 17.6 Å². The van der Waals surface area contributed by atoms with E-state index in [9.17, 15) is 4.79 Å². The Morgan fingerprint density at radius 3 is 2.95 bits per heavy atom. The van der Waals surface area contributed by atoms with Crippen molar-refractivity contribution < 1.29 is 4.79 Å². The summed E-state index contributed by atoms with van der Waals surface area (Å²) >= 11 is 0. The molecule has 2 aromatic rings. The number of amides is 1. The molecule has 1 N–H and O–H groups in total. The maximum atomic E-state index is 11.7. The molecule has 2 aromatic heterocycles. The van der Waals surface area contributed by atoms with Gasteiger partial charge in [-0.05, 0) is 32.0 Å². The van der Waals surface area contributed by atoms with Gasteiger partial charge < -0.3 is 0 Å². The molecule has 0 radical (unpaired) electrons. The van der Waals surface area contributed by atoms with Crippen LogP contribution in [-0.2, 0) is 11.3 Å². The molecule has 2 rings (SSSR count). The summed E-state index contributed by atoms with van der Waals surface area (Å²) in [4.78, 5) is 15.7. The lowest BCUT2D eigenvalue weighted by Crippen LogP contribution is -2.24. The molecule has 0 fully saturated rings. The third-order valence-corrected chi connectivity index (χ3v) is 2.47. The standard InChI is InChI=1S/C13H15N5O/c1-10-7-11(2)18(17-10)9-13(19)16-15-8-12-5-3-4-6-14-12/h3-8H,9H2,1-2H3,(H,16,19). The molecule has 6 heteroatoms. The summed E-state index contributed by atoms with van der Waals surface area (Å²) in [6, 6.07) is 7.39. The highest BCUT2D eigenvalue weighted by Crippen LogP contribution is 2.00. The van der Waals surface area contributed by atoms with E-state index in [0.29, 0.717) is 5.69 Å². The van der Waals surface area contributed by atoms with Crippen molar-refractivity contribution in [2.75, 3.05) is 0 Å². The summed E-state index contributed by atoms with van der Waals surface area (Å²) in [5.74, 6) is -0.224. The number of hydrogen-bond donors (Lipinski definition) is 1. The zero-order chi connectivity index (χ0) is 13.7. The Hall–Kier alpha value is -2.50. The summed E-state index contributed by atoms with van der Waals surface area (Å²) in [5.41, 5.74) is 4.97. The van der Waals surface area contributed by atoms with E-state index in [1.807, 2.05) is 32.0 Å². The fourth-order valence-corrected chi connectivity index (χ4v) is 1.63. The minimum Gasteiger partial charge on any atom is -0.271 e. The number of hydrazone groups is 1. The largest absolute Gasteiger partial charge is 0.271 e. The van der Waals surface area contributed by atoms with Crippen LogP contribution in [0.2, 0.25) is 0 Å². The van der Waals surface area contributed by atoms with Crippen LogP contribution in [0.5, 0.6) is 0 Å². The third-order valence-electron chi connectivity index (χ3n) is 2.47. The van der Waals surface area contributed by atoms with E-state index in [1.165, 1.54) is 6.21 Å². The maximum Gasteiger partial charge on any atom is 0.261 e. The average Bonchev–Trinajstić information content (AvgIpc) is 2.69. The Morgan fingerprint density at radius 2 is 2.32 bits per heavy atom. The van der Waals surface area contributed by atoms with E-state index in [2.05, 4.69) is 20.6 Å². The van der Waals surface area contributed by atoms with Crippen LogP contribution in [0.25, 0.3) is 0 Å². The third kappa shape index (κ3) is 3.74. The molecule has 0 atom stereocenters. The highest BCUT2D eigenvalue weighted by atomic mass is 16.2. The number of rotatable bonds is 4. The highest BCUT2D eigenvalue weighted by molar-refractivity contribution is 5.80. The van der Waals surface area contributed by atoms with Gasteiger partial charge in [-0.15, -0.1) is 0 Å². The molecular weight excluding hydrogens is 242 g/mol. The first kappa shape index (κ1) is 12.9. The van der Waals surface area contributed by atoms with Crippen molar-refractivity contribution >= 4 is 12.1 Å². The lowest BCUT2D eigenvalue weighted by atomic mass is 10.4. The Bertz CT molecular complexity index is 588.